The van der Waals surface area contributed by atoms with E-state index in [1.165, 1.54) is 30.2 Å². The number of nitrogens with zero attached hydrogens (tertiary/aromatic N) is 1. The van der Waals surface area contributed by atoms with E-state index in [-0.39, 0.29) is 5.75 Å². The molecular weight excluding hydrogens is 265 g/mol. The fourth-order valence-corrected chi connectivity index (χ4v) is 1.86. The second kappa shape index (κ2) is 6.53. The Labute approximate surface area is 107 Å². The van der Waals surface area contributed by atoms with E-state index in [1.807, 2.05) is 0 Å². The maximum absolute atomic E-state index is 12.1. The molecule has 1 aromatic carbocycles. The van der Waals surface area contributed by atoms with Gasteiger partial charge in [0.25, 0.3) is 0 Å². The van der Waals surface area contributed by atoms with E-state index >= 15 is 0 Å². The highest BCUT2D eigenvalue weighted by molar-refractivity contribution is 7.98. The predicted octanol–water partition coefficient (Wildman–Crippen LogP) is 2.84. The Morgan fingerprint density at radius 2 is 2.11 bits per heavy atom. The van der Waals surface area contributed by atoms with Gasteiger partial charge in [0.1, 0.15) is 5.75 Å². The molecule has 0 unspecified atom stereocenters. The van der Waals surface area contributed by atoms with Gasteiger partial charge in [-0.25, -0.2) is 0 Å². The van der Waals surface area contributed by atoms with Gasteiger partial charge < -0.3 is 10.5 Å². The maximum atomic E-state index is 12.1. The lowest BCUT2D eigenvalue weighted by Crippen LogP contribution is -2.17. The molecule has 0 aliphatic rings. The Morgan fingerprint density at radius 1 is 1.39 bits per heavy atom. The molecule has 0 amide bonds. The number of hydrogen-bond acceptors (Lipinski definition) is 3. The first-order chi connectivity index (χ1) is 8.44. The van der Waals surface area contributed by atoms with Crippen LogP contribution in [0.1, 0.15) is 5.56 Å². The van der Waals surface area contributed by atoms with Crippen LogP contribution in [0.25, 0.3) is 0 Å². The van der Waals surface area contributed by atoms with Crippen molar-refractivity contribution in [1.82, 2.24) is 0 Å². The third-order valence-corrected chi connectivity index (χ3v) is 2.75. The minimum atomic E-state index is -4.68. The van der Waals surface area contributed by atoms with Crippen LogP contribution in [-0.4, -0.2) is 25.5 Å². The van der Waals surface area contributed by atoms with Crippen molar-refractivity contribution in [2.45, 2.75) is 17.7 Å². The van der Waals surface area contributed by atoms with Crippen LogP contribution in [0.5, 0.6) is 5.75 Å². The first-order valence-electron chi connectivity index (χ1n) is 5.08. The summed E-state index contributed by atoms with van der Waals surface area (Å²) in [7, 11) is 0. The van der Waals surface area contributed by atoms with Crippen molar-refractivity contribution in [2.75, 3.05) is 12.8 Å². The minimum absolute atomic E-state index is 0.207. The summed E-state index contributed by atoms with van der Waals surface area (Å²) in [6.45, 7) is 0.430. The predicted molar refractivity (Wildman–Crippen MR) is 66.2 cm³/mol. The van der Waals surface area contributed by atoms with Crippen molar-refractivity contribution in [3.63, 3.8) is 0 Å². The van der Waals surface area contributed by atoms with Crippen molar-refractivity contribution >= 4 is 18.1 Å². The van der Waals surface area contributed by atoms with Crippen LogP contribution >= 0.6 is 11.8 Å². The number of aliphatic imine (C=N–C) groups is 1. The highest BCUT2D eigenvalue weighted by atomic mass is 32.2. The molecular formula is C11H13F3N2OS. The molecule has 1 rings (SSSR count). The summed E-state index contributed by atoms with van der Waals surface area (Å²) in [5.41, 5.74) is 5.82. The fourth-order valence-electron chi connectivity index (χ4n) is 1.35. The average Bonchev–Trinajstić information content (AvgIpc) is 2.26. The van der Waals surface area contributed by atoms with Gasteiger partial charge in [-0.2, -0.15) is 0 Å². The van der Waals surface area contributed by atoms with E-state index in [0.29, 0.717) is 17.9 Å². The molecule has 0 aliphatic heterocycles. The molecule has 0 heterocycles. The van der Waals surface area contributed by atoms with Crippen molar-refractivity contribution in [3.8, 4) is 5.75 Å². The standard InChI is InChI=1S/C11H13F3N2OS/c1-18-10-5-8(2-3-16-7-15)4-9(6-10)17-11(12,13)14/h4-7H,2-3H2,1H3,(H2,15,16). The smallest absolute Gasteiger partial charge is 0.406 e. The number of halogens is 3. The average molecular weight is 278 g/mol. The summed E-state index contributed by atoms with van der Waals surface area (Å²) in [5.74, 6) is -0.207. The molecule has 100 valence electrons. The van der Waals surface area contributed by atoms with Gasteiger partial charge in [-0.15, -0.1) is 24.9 Å². The quantitative estimate of drug-likeness (QED) is 0.512. The molecule has 0 radical (unpaired) electrons. The highest BCUT2D eigenvalue weighted by Gasteiger charge is 2.31. The molecule has 0 atom stereocenters. The van der Waals surface area contributed by atoms with Gasteiger partial charge in [-0.3, -0.25) is 4.99 Å². The minimum Gasteiger partial charge on any atom is -0.406 e. The van der Waals surface area contributed by atoms with Gasteiger partial charge in [0.05, 0.1) is 6.34 Å². The summed E-state index contributed by atoms with van der Waals surface area (Å²) in [4.78, 5) is 4.52. The van der Waals surface area contributed by atoms with E-state index < -0.39 is 6.36 Å². The van der Waals surface area contributed by atoms with Crippen LogP contribution in [0.15, 0.2) is 28.1 Å². The second-order valence-electron chi connectivity index (χ2n) is 3.37. The zero-order valence-electron chi connectivity index (χ0n) is 9.70. The molecule has 0 saturated heterocycles. The number of hydrogen-bond donors (Lipinski definition) is 1. The number of benzene rings is 1. The lowest BCUT2D eigenvalue weighted by molar-refractivity contribution is -0.274. The molecule has 0 saturated carbocycles. The van der Waals surface area contributed by atoms with Gasteiger partial charge in [0.2, 0.25) is 0 Å². The number of nitrogens with two attached hydrogens (primary N) is 1. The first kappa shape index (κ1) is 14.7. The molecule has 0 bridgehead atoms. The van der Waals surface area contributed by atoms with E-state index in [0.717, 1.165) is 5.56 Å². The van der Waals surface area contributed by atoms with E-state index in [2.05, 4.69) is 9.73 Å². The molecule has 18 heavy (non-hydrogen) atoms. The van der Waals surface area contributed by atoms with Gasteiger partial charge in [0, 0.05) is 11.4 Å². The van der Waals surface area contributed by atoms with Crippen LogP contribution in [0, 0.1) is 0 Å². The molecule has 0 aliphatic carbocycles. The summed E-state index contributed by atoms with van der Waals surface area (Å²) in [6, 6.07) is 4.52. The van der Waals surface area contributed by atoms with Crippen LogP contribution in [0.3, 0.4) is 0 Å². The van der Waals surface area contributed by atoms with Gasteiger partial charge in [-0.05, 0) is 36.4 Å². The summed E-state index contributed by atoms with van der Waals surface area (Å²) >= 11 is 1.35. The third-order valence-electron chi connectivity index (χ3n) is 2.04. The first-order valence-corrected chi connectivity index (χ1v) is 6.31. The molecule has 0 fully saturated rings. The fraction of sp³-hybridized carbons (Fsp3) is 0.364. The Hall–Kier alpha value is -1.37. The van der Waals surface area contributed by atoms with E-state index in [4.69, 9.17) is 5.73 Å². The molecule has 0 spiro atoms. The highest BCUT2D eigenvalue weighted by Crippen LogP contribution is 2.28. The Bertz CT molecular complexity index is 421. The zero-order chi connectivity index (χ0) is 13.6. The normalized spacial score (nSPS) is 12.0. The molecule has 3 nitrogen and oxygen atoms in total. The van der Waals surface area contributed by atoms with Crippen molar-refractivity contribution < 1.29 is 17.9 Å². The number of alkyl halides is 3. The van der Waals surface area contributed by atoms with Crippen LogP contribution < -0.4 is 10.5 Å². The molecule has 1 aromatic rings. The van der Waals surface area contributed by atoms with Crippen molar-refractivity contribution in [1.29, 1.82) is 0 Å². The van der Waals surface area contributed by atoms with Crippen molar-refractivity contribution in [2.24, 2.45) is 10.7 Å². The molecule has 0 aromatic heterocycles. The maximum Gasteiger partial charge on any atom is 0.573 e. The van der Waals surface area contributed by atoms with Gasteiger partial charge in [0.15, 0.2) is 0 Å². The Balaban J connectivity index is 2.87. The molecule has 2 N–H and O–H groups in total. The summed E-state index contributed by atoms with van der Waals surface area (Å²) < 4.78 is 40.4. The summed E-state index contributed by atoms with van der Waals surface area (Å²) in [5, 5.41) is 0. The summed E-state index contributed by atoms with van der Waals surface area (Å²) in [6.07, 6.45) is -1.21. The monoisotopic (exact) mass is 278 g/mol. The second-order valence-corrected chi connectivity index (χ2v) is 4.25. The lowest BCUT2D eigenvalue weighted by Gasteiger charge is -2.11. The van der Waals surface area contributed by atoms with E-state index in [1.54, 1.807) is 12.3 Å². The van der Waals surface area contributed by atoms with Crippen LogP contribution in [0.2, 0.25) is 0 Å². The number of thioether (sulfide) groups is 1. The zero-order valence-corrected chi connectivity index (χ0v) is 10.5. The van der Waals surface area contributed by atoms with Gasteiger partial charge >= 0.3 is 6.36 Å². The SMILES string of the molecule is CSc1cc(CCN=CN)cc(OC(F)(F)F)c1. The Kier molecular flexibility index (Phi) is 5.33. The third kappa shape index (κ3) is 5.31. The van der Waals surface area contributed by atoms with Gasteiger partial charge in [-0.1, -0.05) is 0 Å². The van der Waals surface area contributed by atoms with E-state index in [9.17, 15) is 13.2 Å². The molecule has 7 heteroatoms. The lowest BCUT2D eigenvalue weighted by atomic mass is 10.1. The van der Waals surface area contributed by atoms with Crippen LogP contribution in [0.4, 0.5) is 13.2 Å². The topological polar surface area (TPSA) is 47.6 Å². The number of rotatable bonds is 5. The number of ether oxygens (including phenoxy) is 1. The van der Waals surface area contributed by atoms with Crippen LogP contribution in [-0.2, 0) is 6.42 Å². The Morgan fingerprint density at radius 3 is 2.67 bits per heavy atom. The largest absolute Gasteiger partial charge is 0.573 e. The van der Waals surface area contributed by atoms with Crippen molar-refractivity contribution in [3.05, 3.63) is 23.8 Å².